The minimum absolute atomic E-state index is 0.339. The Kier molecular flexibility index (Phi) is 2.68. The molecule has 2 aliphatic rings. The van der Waals surface area contributed by atoms with Gasteiger partial charge in [0.05, 0.1) is 6.04 Å². The van der Waals surface area contributed by atoms with E-state index < -0.39 is 0 Å². The van der Waals surface area contributed by atoms with Gasteiger partial charge in [0.25, 0.3) is 0 Å². The quantitative estimate of drug-likeness (QED) is 0.796. The van der Waals surface area contributed by atoms with Crippen LogP contribution in [-0.2, 0) is 0 Å². The zero-order valence-electron chi connectivity index (χ0n) is 10.3. The maximum Gasteiger partial charge on any atom is 0.231 e. The Hall–Kier alpha value is -1.26. The van der Waals surface area contributed by atoms with E-state index in [0.29, 0.717) is 18.9 Å². The van der Waals surface area contributed by atoms with Crippen molar-refractivity contribution in [1.82, 2.24) is 10.2 Å². The molecule has 0 aromatic heterocycles. The van der Waals surface area contributed by atoms with Crippen LogP contribution in [0.2, 0.25) is 0 Å². The molecule has 2 aliphatic heterocycles. The van der Waals surface area contributed by atoms with E-state index in [4.69, 9.17) is 9.47 Å². The first-order valence-corrected chi connectivity index (χ1v) is 6.08. The topological polar surface area (TPSA) is 33.7 Å². The van der Waals surface area contributed by atoms with Crippen molar-refractivity contribution in [1.29, 1.82) is 0 Å². The summed E-state index contributed by atoms with van der Waals surface area (Å²) in [6.45, 7) is 4.57. The molecule has 1 fully saturated rings. The minimum atomic E-state index is 0.339. The largest absolute Gasteiger partial charge is 0.454 e. The Morgan fingerprint density at radius 3 is 3.06 bits per heavy atom. The molecule has 92 valence electrons. The molecule has 2 atom stereocenters. The van der Waals surface area contributed by atoms with E-state index in [2.05, 4.69) is 30.3 Å². The molecule has 1 aromatic rings. The van der Waals surface area contributed by atoms with Gasteiger partial charge in [-0.25, -0.2) is 0 Å². The highest BCUT2D eigenvalue weighted by Gasteiger charge is 2.30. The Labute approximate surface area is 102 Å². The van der Waals surface area contributed by atoms with Crippen molar-refractivity contribution < 1.29 is 9.47 Å². The van der Waals surface area contributed by atoms with E-state index in [1.54, 1.807) is 0 Å². The fourth-order valence-corrected chi connectivity index (χ4v) is 2.57. The summed E-state index contributed by atoms with van der Waals surface area (Å²) < 4.78 is 11.0. The average Bonchev–Trinajstić information content (AvgIpc) is 2.81. The SMILES string of the molecule is CC1CNCC(c2cccc3c2OCO3)N1C. The Bertz CT molecular complexity index is 422. The number of rotatable bonds is 1. The number of hydrogen-bond donors (Lipinski definition) is 1. The van der Waals surface area contributed by atoms with Crippen molar-refractivity contribution in [3.05, 3.63) is 23.8 Å². The molecule has 1 saturated heterocycles. The number of ether oxygens (including phenoxy) is 2. The molecular formula is C13H18N2O2. The van der Waals surface area contributed by atoms with Gasteiger partial charge in [0, 0.05) is 24.7 Å². The van der Waals surface area contributed by atoms with Crippen molar-refractivity contribution in [2.24, 2.45) is 0 Å². The lowest BCUT2D eigenvalue weighted by atomic mass is 10.00. The summed E-state index contributed by atoms with van der Waals surface area (Å²) in [5.41, 5.74) is 1.22. The molecule has 1 N–H and O–H groups in total. The lowest BCUT2D eigenvalue weighted by molar-refractivity contribution is 0.135. The van der Waals surface area contributed by atoms with Crippen LogP contribution in [0.1, 0.15) is 18.5 Å². The smallest absolute Gasteiger partial charge is 0.231 e. The normalized spacial score (nSPS) is 28.4. The molecule has 0 radical (unpaired) electrons. The van der Waals surface area contributed by atoms with E-state index in [0.717, 1.165) is 24.6 Å². The Morgan fingerprint density at radius 2 is 2.18 bits per heavy atom. The van der Waals surface area contributed by atoms with Crippen LogP contribution < -0.4 is 14.8 Å². The number of nitrogens with one attached hydrogen (secondary N) is 1. The highest BCUT2D eigenvalue weighted by Crippen LogP contribution is 2.40. The molecule has 1 aromatic carbocycles. The minimum Gasteiger partial charge on any atom is -0.454 e. The fraction of sp³-hybridized carbons (Fsp3) is 0.538. The van der Waals surface area contributed by atoms with E-state index in [-0.39, 0.29) is 0 Å². The first kappa shape index (κ1) is 10.9. The zero-order valence-corrected chi connectivity index (χ0v) is 10.3. The summed E-state index contributed by atoms with van der Waals surface area (Å²) in [6.07, 6.45) is 0. The number of piperazine rings is 1. The van der Waals surface area contributed by atoms with Crippen LogP contribution in [0.25, 0.3) is 0 Å². The number of para-hydroxylation sites is 1. The molecular weight excluding hydrogens is 216 g/mol. The van der Waals surface area contributed by atoms with E-state index in [1.807, 2.05) is 12.1 Å². The predicted octanol–water partition coefficient (Wildman–Crippen LogP) is 1.38. The van der Waals surface area contributed by atoms with Crippen molar-refractivity contribution >= 4 is 0 Å². The van der Waals surface area contributed by atoms with Crippen molar-refractivity contribution in [3.63, 3.8) is 0 Å². The lowest BCUT2D eigenvalue weighted by Crippen LogP contribution is -2.49. The molecule has 0 spiro atoms. The first-order chi connectivity index (χ1) is 8.27. The summed E-state index contributed by atoms with van der Waals surface area (Å²) in [6, 6.07) is 7.03. The lowest BCUT2D eigenvalue weighted by Gasteiger charge is -2.38. The van der Waals surface area contributed by atoms with E-state index in [1.165, 1.54) is 5.56 Å². The average molecular weight is 234 g/mol. The second-order valence-corrected chi connectivity index (χ2v) is 4.77. The number of hydrogen-bond acceptors (Lipinski definition) is 4. The summed E-state index contributed by atoms with van der Waals surface area (Å²) in [5, 5.41) is 3.47. The van der Waals surface area contributed by atoms with Gasteiger partial charge in [0.2, 0.25) is 6.79 Å². The number of fused-ring (bicyclic) bond motifs is 1. The van der Waals surface area contributed by atoms with Gasteiger partial charge in [-0.1, -0.05) is 12.1 Å². The van der Waals surface area contributed by atoms with Crippen molar-refractivity contribution in [2.75, 3.05) is 26.9 Å². The van der Waals surface area contributed by atoms with Gasteiger partial charge in [-0.2, -0.15) is 0 Å². The molecule has 4 heteroatoms. The van der Waals surface area contributed by atoms with Crippen LogP contribution >= 0.6 is 0 Å². The summed E-state index contributed by atoms with van der Waals surface area (Å²) in [4.78, 5) is 2.40. The van der Waals surface area contributed by atoms with Crippen LogP contribution in [0.15, 0.2) is 18.2 Å². The highest BCUT2D eigenvalue weighted by atomic mass is 16.7. The van der Waals surface area contributed by atoms with Gasteiger partial charge < -0.3 is 14.8 Å². The standard InChI is InChI=1S/C13H18N2O2/c1-9-6-14-7-11(15(9)2)10-4-3-5-12-13(10)17-8-16-12/h3-5,9,11,14H,6-8H2,1-2H3. The molecule has 2 unspecified atom stereocenters. The van der Waals surface area contributed by atoms with Gasteiger partial charge in [0.1, 0.15) is 0 Å². The zero-order chi connectivity index (χ0) is 11.8. The summed E-state index contributed by atoms with van der Waals surface area (Å²) in [5.74, 6) is 1.79. The van der Waals surface area contributed by atoms with Crippen LogP contribution in [0, 0.1) is 0 Å². The predicted molar refractivity (Wildman–Crippen MR) is 65.4 cm³/mol. The fourth-order valence-electron chi connectivity index (χ4n) is 2.57. The van der Waals surface area contributed by atoms with E-state index in [9.17, 15) is 0 Å². The van der Waals surface area contributed by atoms with Gasteiger partial charge in [-0.15, -0.1) is 0 Å². The second kappa shape index (κ2) is 4.20. The van der Waals surface area contributed by atoms with Gasteiger partial charge in [-0.05, 0) is 20.0 Å². The third kappa shape index (κ3) is 1.77. The van der Waals surface area contributed by atoms with Crippen LogP contribution in [0.3, 0.4) is 0 Å². The van der Waals surface area contributed by atoms with Crippen LogP contribution in [-0.4, -0.2) is 37.9 Å². The Morgan fingerprint density at radius 1 is 1.29 bits per heavy atom. The van der Waals surface area contributed by atoms with Gasteiger partial charge >= 0.3 is 0 Å². The third-order valence-electron chi connectivity index (χ3n) is 3.75. The molecule has 4 nitrogen and oxygen atoms in total. The van der Waals surface area contributed by atoms with Crippen molar-refractivity contribution in [2.45, 2.75) is 19.0 Å². The van der Waals surface area contributed by atoms with Crippen molar-refractivity contribution in [3.8, 4) is 11.5 Å². The molecule has 3 rings (SSSR count). The second-order valence-electron chi connectivity index (χ2n) is 4.77. The molecule has 2 heterocycles. The molecule has 17 heavy (non-hydrogen) atoms. The monoisotopic (exact) mass is 234 g/mol. The third-order valence-corrected chi connectivity index (χ3v) is 3.75. The van der Waals surface area contributed by atoms with Gasteiger partial charge in [0.15, 0.2) is 11.5 Å². The summed E-state index contributed by atoms with van der Waals surface area (Å²) in [7, 11) is 2.17. The molecule has 0 amide bonds. The summed E-state index contributed by atoms with van der Waals surface area (Å²) >= 11 is 0. The molecule has 0 aliphatic carbocycles. The van der Waals surface area contributed by atoms with Crippen LogP contribution in [0.4, 0.5) is 0 Å². The first-order valence-electron chi connectivity index (χ1n) is 6.08. The van der Waals surface area contributed by atoms with E-state index >= 15 is 0 Å². The Balaban J connectivity index is 1.96. The van der Waals surface area contributed by atoms with Gasteiger partial charge in [-0.3, -0.25) is 4.90 Å². The maximum atomic E-state index is 5.59. The highest BCUT2D eigenvalue weighted by molar-refractivity contribution is 5.49. The maximum absolute atomic E-state index is 5.59. The molecule has 0 saturated carbocycles. The number of benzene rings is 1. The number of nitrogens with zero attached hydrogens (tertiary/aromatic N) is 1. The molecule has 0 bridgehead atoms. The number of likely N-dealkylation sites (N-methyl/N-ethyl adjacent to an activating group) is 1. The van der Waals surface area contributed by atoms with Crippen LogP contribution in [0.5, 0.6) is 11.5 Å².